The maximum Gasteiger partial charge on any atom is 0.256 e. The van der Waals surface area contributed by atoms with Crippen LogP contribution in [0.3, 0.4) is 0 Å². The molecular weight excluding hydrogens is 414 g/mol. The molecule has 7 heteroatoms. The molecule has 1 aliphatic heterocycles. The summed E-state index contributed by atoms with van der Waals surface area (Å²) in [5, 5.41) is 8.19. The number of pyridine rings is 1. The van der Waals surface area contributed by atoms with Gasteiger partial charge in [0.25, 0.3) is 5.91 Å². The van der Waals surface area contributed by atoms with Crippen LogP contribution >= 0.6 is 0 Å². The average molecular weight is 440 g/mol. The monoisotopic (exact) mass is 439 g/mol. The fourth-order valence-electron chi connectivity index (χ4n) is 4.21. The van der Waals surface area contributed by atoms with Crippen molar-refractivity contribution in [3.05, 3.63) is 83.2 Å². The number of rotatable bonds is 5. The van der Waals surface area contributed by atoms with E-state index >= 15 is 0 Å². The van der Waals surface area contributed by atoms with E-state index in [9.17, 15) is 9.59 Å². The van der Waals surface area contributed by atoms with Crippen LogP contribution in [0.15, 0.2) is 60.8 Å². The quantitative estimate of drug-likeness (QED) is 0.497. The van der Waals surface area contributed by atoms with Gasteiger partial charge >= 0.3 is 0 Å². The summed E-state index contributed by atoms with van der Waals surface area (Å²) in [7, 11) is 0. The molecule has 3 heterocycles. The molecule has 0 saturated carbocycles. The van der Waals surface area contributed by atoms with Crippen molar-refractivity contribution in [1.82, 2.24) is 14.8 Å². The summed E-state index contributed by atoms with van der Waals surface area (Å²) in [6, 6.07) is 17.5. The Hall–Kier alpha value is -4.00. The van der Waals surface area contributed by atoms with E-state index in [-0.39, 0.29) is 11.8 Å². The number of amides is 2. The van der Waals surface area contributed by atoms with Crippen LogP contribution in [0.25, 0.3) is 11.0 Å². The first kappa shape index (κ1) is 20.9. The molecule has 4 aromatic rings. The molecule has 1 saturated heterocycles. The maximum atomic E-state index is 13.2. The first-order valence-electron chi connectivity index (χ1n) is 11.1. The number of carbonyl (C=O) groups is 2. The molecule has 0 bridgehead atoms. The van der Waals surface area contributed by atoms with Gasteiger partial charge in [0.2, 0.25) is 5.91 Å². The van der Waals surface area contributed by atoms with E-state index < -0.39 is 0 Å². The number of hydrogen-bond acceptors (Lipinski definition) is 4. The minimum atomic E-state index is -0.231. The Morgan fingerprint density at radius 2 is 1.91 bits per heavy atom. The zero-order valence-corrected chi connectivity index (χ0v) is 18.7. The van der Waals surface area contributed by atoms with Gasteiger partial charge in [-0.25, -0.2) is 9.67 Å². The molecular formula is C26H25N5O2. The van der Waals surface area contributed by atoms with Crippen molar-refractivity contribution in [3.8, 4) is 0 Å². The maximum absolute atomic E-state index is 13.2. The van der Waals surface area contributed by atoms with Gasteiger partial charge in [-0.1, -0.05) is 35.9 Å². The lowest BCUT2D eigenvalue weighted by Crippen LogP contribution is -2.23. The van der Waals surface area contributed by atoms with Crippen LogP contribution in [0.2, 0.25) is 0 Å². The molecule has 2 amide bonds. The van der Waals surface area contributed by atoms with E-state index in [4.69, 9.17) is 0 Å². The highest BCUT2D eigenvalue weighted by atomic mass is 16.2. The van der Waals surface area contributed by atoms with Crippen molar-refractivity contribution in [2.75, 3.05) is 16.8 Å². The van der Waals surface area contributed by atoms with E-state index in [1.54, 1.807) is 17.2 Å². The van der Waals surface area contributed by atoms with Crippen molar-refractivity contribution in [2.45, 2.75) is 33.2 Å². The fourth-order valence-corrected chi connectivity index (χ4v) is 4.21. The molecule has 0 aliphatic carbocycles. The van der Waals surface area contributed by atoms with Gasteiger partial charge in [-0.2, -0.15) is 5.10 Å². The lowest BCUT2D eigenvalue weighted by Gasteiger charge is -2.17. The molecule has 2 aromatic carbocycles. The SMILES string of the molecule is Cc1ccc(Cn2ncc3c(C(=O)Nc4cccc(N5CCCC5=O)c4)cc(C)nc32)cc1. The van der Waals surface area contributed by atoms with Crippen molar-refractivity contribution < 1.29 is 9.59 Å². The van der Waals surface area contributed by atoms with Gasteiger partial charge < -0.3 is 10.2 Å². The molecule has 33 heavy (non-hydrogen) atoms. The number of nitrogens with one attached hydrogen (secondary N) is 1. The Balaban J connectivity index is 1.42. The molecule has 7 nitrogen and oxygen atoms in total. The zero-order valence-electron chi connectivity index (χ0n) is 18.7. The summed E-state index contributed by atoms with van der Waals surface area (Å²) in [5.41, 5.74) is 5.72. The summed E-state index contributed by atoms with van der Waals surface area (Å²) in [4.78, 5) is 31.7. The summed E-state index contributed by atoms with van der Waals surface area (Å²) >= 11 is 0. The zero-order chi connectivity index (χ0) is 22.9. The Morgan fingerprint density at radius 1 is 1.09 bits per heavy atom. The van der Waals surface area contributed by atoms with Crippen LogP contribution in [-0.2, 0) is 11.3 Å². The largest absolute Gasteiger partial charge is 0.322 e. The second kappa shape index (κ2) is 8.50. The number of benzene rings is 2. The molecule has 0 radical (unpaired) electrons. The van der Waals surface area contributed by atoms with E-state index in [0.29, 0.717) is 41.8 Å². The van der Waals surface area contributed by atoms with Crippen molar-refractivity contribution >= 4 is 34.2 Å². The molecule has 5 rings (SSSR count). The van der Waals surface area contributed by atoms with Gasteiger partial charge in [-0.15, -0.1) is 0 Å². The number of nitrogens with zero attached hydrogens (tertiary/aromatic N) is 4. The predicted molar refractivity (Wildman–Crippen MR) is 129 cm³/mol. The van der Waals surface area contributed by atoms with Crippen LogP contribution < -0.4 is 10.2 Å². The van der Waals surface area contributed by atoms with Gasteiger partial charge in [-0.3, -0.25) is 9.59 Å². The fraction of sp³-hybridized carbons (Fsp3) is 0.231. The molecule has 2 aromatic heterocycles. The highest BCUT2D eigenvalue weighted by molar-refractivity contribution is 6.12. The van der Waals surface area contributed by atoms with Crippen LogP contribution in [0.5, 0.6) is 0 Å². The van der Waals surface area contributed by atoms with E-state index in [1.165, 1.54) is 5.56 Å². The molecule has 1 fully saturated rings. The molecule has 166 valence electrons. The highest BCUT2D eigenvalue weighted by Crippen LogP contribution is 2.26. The van der Waals surface area contributed by atoms with Crippen LogP contribution in [0.1, 0.15) is 40.0 Å². The van der Waals surface area contributed by atoms with Crippen LogP contribution in [0, 0.1) is 13.8 Å². The standard InChI is InChI=1S/C26H25N5O2/c1-17-8-10-19(11-9-17)16-31-25-23(15-27-31)22(13-18(2)28-25)26(33)29-20-5-3-6-21(14-20)30-12-4-7-24(30)32/h3,5-6,8-11,13-15H,4,7,12,16H2,1-2H3,(H,29,33). The molecule has 1 aliphatic rings. The lowest BCUT2D eigenvalue weighted by molar-refractivity contribution is -0.117. The van der Waals surface area contributed by atoms with Gasteiger partial charge in [0.15, 0.2) is 5.65 Å². The van der Waals surface area contributed by atoms with E-state index in [1.807, 2.05) is 35.9 Å². The number of hydrogen-bond donors (Lipinski definition) is 1. The summed E-state index contributed by atoms with van der Waals surface area (Å²) in [6.45, 7) is 5.22. The minimum Gasteiger partial charge on any atom is -0.322 e. The second-order valence-corrected chi connectivity index (χ2v) is 8.49. The topological polar surface area (TPSA) is 80.1 Å². The highest BCUT2D eigenvalue weighted by Gasteiger charge is 2.22. The Morgan fingerprint density at radius 3 is 2.67 bits per heavy atom. The van der Waals surface area contributed by atoms with E-state index in [2.05, 4.69) is 46.6 Å². The molecule has 0 unspecified atom stereocenters. The van der Waals surface area contributed by atoms with Crippen LogP contribution in [0.4, 0.5) is 11.4 Å². The third-order valence-electron chi connectivity index (χ3n) is 5.92. The molecule has 0 atom stereocenters. The normalized spacial score (nSPS) is 13.6. The van der Waals surface area contributed by atoms with Crippen molar-refractivity contribution in [2.24, 2.45) is 0 Å². The van der Waals surface area contributed by atoms with E-state index in [0.717, 1.165) is 23.4 Å². The number of aryl methyl sites for hydroxylation is 2. The number of carbonyl (C=O) groups excluding carboxylic acids is 2. The third kappa shape index (κ3) is 4.22. The number of fused-ring (bicyclic) bond motifs is 1. The Bertz CT molecular complexity index is 1360. The van der Waals surface area contributed by atoms with Gasteiger partial charge in [-0.05, 0) is 50.1 Å². The summed E-state index contributed by atoms with van der Waals surface area (Å²) in [5.74, 6) is -0.115. The first-order chi connectivity index (χ1) is 16.0. The molecule has 0 spiro atoms. The average Bonchev–Trinajstić information content (AvgIpc) is 3.41. The first-order valence-corrected chi connectivity index (χ1v) is 11.1. The third-order valence-corrected chi connectivity index (χ3v) is 5.92. The van der Waals surface area contributed by atoms with Crippen molar-refractivity contribution in [3.63, 3.8) is 0 Å². The van der Waals surface area contributed by atoms with Crippen molar-refractivity contribution in [1.29, 1.82) is 0 Å². The Labute approximate surface area is 192 Å². The minimum absolute atomic E-state index is 0.117. The second-order valence-electron chi connectivity index (χ2n) is 8.49. The lowest BCUT2D eigenvalue weighted by atomic mass is 10.1. The smallest absolute Gasteiger partial charge is 0.256 e. The van der Waals surface area contributed by atoms with Gasteiger partial charge in [0, 0.05) is 30.0 Å². The number of aromatic nitrogens is 3. The van der Waals surface area contributed by atoms with Gasteiger partial charge in [0.05, 0.1) is 23.7 Å². The predicted octanol–water partition coefficient (Wildman–Crippen LogP) is 4.48. The summed E-state index contributed by atoms with van der Waals surface area (Å²) < 4.78 is 1.82. The summed E-state index contributed by atoms with van der Waals surface area (Å²) in [6.07, 6.45) is 3.12. The van der Waals surface area contributed by atoms with Gasteiger partial charge in [0.1, 0.15) is 0 Å². The number of anilines is 2. The Kier molecular flexibility index (Phi) is 5.38. The molecule has 1 N–H and O–H groups in total. The van der Waals surface area contributed by atoms with Crippen LogP contribution in [-0.4, -0.2) is 33.1 Å².